The number of carboxylic acids is 1. The second-order valence-electron chi connectivity index (χ2n) is 7.19. The molecule has 0 bridgehead atoms. The summed E-state index contributed by atoms with van der Waals surface area (Å²) >= 11 is 0. The standard InChI is InChI=1S/C23H29NO5/c1-4-29-20-11-10-17(14-21(20)28-3)22(16-7-5-9-19(13-16)27-2)24-12-6-8-18(15-24)23(25)26/h5,7,9-11,13-14,18,22H,4,6,8,12,15H2,1-3H3,(H,25,26). The molecule has 0 aromatic heterocycles. The van der Waals surface area contributed by atoms with Crippen LogP contribution in [0.15, 0.2) is 42.5 Å². The number of ether oxygens (including phenoxy) is 3. The molecular formula is C23H29NO5. The minimum atomic E-state index is -0.733. The smallest absolute Gasteiger partial charge is 0.307 e. The third-order valence-corrected chi connectivity index (χ3v) is 5.38. The first-order chi connectivity index (χ1) is 14.1. The van der Waals surface area contributed by atoms with Crippen molar-refractivity contribution >= 4 is 5.97 Å². The number of methoxy groups -OCH3 is 2. The molecule has 1 heterocycles. The minimum Gasteiger partial charge on any atom is -0.497 e. The van der Waals surface area contributed by atoms with Crippen molar-refractivity contribution in [3.05, 3.63) is 53.6 Å². The number of nitrogens with zero attached hydrogens (tertiary/aromatic N) is 1. The fourth-order valence-electron chi connectivity index (χ4n) is 4.00. The van der Waals surface area contributed by atoms with Crippen LogP contribution in [0.3, 0.4) is 0 Å². The summed E-state index contributed by atoms with van der Waals surface area (Å²) in [4.78, 5) is 13.9. The van der Waals surface area contributed by atoms with Gasteiger partial charge in [0.25, 0.3) is 0 Å². The maximum atomic E-state index is 11.6. The topological polar surface area (TPSA) is 68.2 Å². The number of carbonyl (C=O) groups is 1. The molecule has 3 rings (SSSR count). The van der Waals surface area contributed by atoms with Crippen LogP contribution in [0.2, 0.25) is 0 Å². The molecule has 0 aliphatic carbocycles. The first kappa shape index (κ1) is 21.0. The summed E-state index contributed by atoms with van der Waals surface area (Å²) in [6.45, 7) is 3.83. The van der Waals surface area contributed by atoms with Gasteiger partial charge in [0.1, 0.15) is 5.75 Å². The van der Waals surface area contributed by atoms with Gasteiger partial charge in [-0.3, -0.25) is 9.69 Å². The van der Waals surface area contributed by atoms with Crippen LogP contribution in [0.1, 0.15) is 36.9 Å². The highest BCUT2D eigenvalue weighted by molar-refractivity contribution is 5.70. The number of carboxylic acid groups (broad SMARTS) is 1. The van der Waals surface area contributed by atoms with Crippen LogP contribution in [0, 0.1) is 5.92 Å². The van der Waals surface area contributed by atoms with E-state index in [-0.39, 0.29) is 12.0 Å². The van der Waals surface area contributed by atoms with Crippen molar-refractivity contribution in [3.8, 4) is 17.2 Å². The molecule has 1 aliphatic rings. The molecule has 2 unspecified atom stereocenters. The third kappa shape index (κ3) is 4.82. The van der Waals surface area contributed by atoms with E-state index in [0.29, 0.717) is 31.1 Å². The second kappa shape index (κ2) is 9.65. The molecule has 2 aromatic rings. The molecule has 6 heteroatoms. The Hall–Kier alpha value is -2.73. The van der Waals surface area contributed by atoms with Gasteiger partial charge in [-0.25, -0.2) is 0 Å². The van der Waals surface area contributed by atoms with Gasteiger partial charge in [0, 0.05) is 6.54 Å². The lowest BCUT2D eigenvalue weighted by Crippen LogP contribution is -2.41. The quantitative estimate of drug-likeness (QED) is 0.724. The maximum absolute atomic E-state index is 11.6. The Morgan fingerprint density at radius 1 is 1.14 bits per heavy atom. The van der Waals surface area contributed by atoms with Gasteiger partial charge in [-0.2, -0.15) is 0 Å². The van der Waals surface area contributed by atoms with Crippen LogP contribution in [0.5, 0.6) is 17.2 Å². The van der Waals surface area contributed by atoms with Gasteiger partial charge in [-0.15, -0.1) is 0 Å². The lowest BCUT2D eigenvalue weighted by atomic mass is 9.91. The summed E-state index contributed by atoms with van der Waals surface area (Å²) < 4.78 is 16.6. The SMILES string of the molecule is CCOc1ccc(C(c2cccc(OC)c2)N2CCCC(C(=O)O)C2)cc1OC. The first-order valence-corrected chi connectivity index (χ1v) is 9.98. The lowest BCUT2D eigenvalue weighted by Gasteiger charge is -2.37. The summed E-state index contributed by atoms with van der Waals surface area (Å²) in [6.07, 6.45) is 1.56. The van der Waals surface area contributed by atoms with E-state index in [9.17, 15) is 9.90 Å². The zero-order chi connectivity index (χ0) is 20.8. The summed E-state index contributed by atoms with van der Waals surface area (Å²) in [5, 5.41) is 9.56. The number of rotatable bonds is 8. The van der Waals surface area contributed by atoms with Crippen molar-refractivity contribution in [1.29, 1.82) is 0 Å². The molecule has 1 N–H and O–H groups in total. The number of hydrogen-bond donors (Lipinski definition) is 1. The molecular weight excluding hydrogens is 370 g/mol. The molecule has 156 valence electrons. The van der Waals surface area contributed by atoms with Crippen LogP contribution in [-0.4, -0.2) is 49.9 Å². The molecule has 0 amide bonds. The Balaban J connectivity index is 2.04. The molecule has 0 spiro atoms. The lowest BCUT2D eigenvalue weighted by molar-refractivity contribution is -0.143. The van der Waals surface area contributed by atoms with Crippen molar-refractivity contribution in [1.82, 2.24) is 4.90 Å². The van der Waals surface area contributed by atoms with Crippen LogP contribution in [-0.2, 0) is 4.79 Å². The molecule has 1 fully saturated rings. The maximum Gasteiger partial charge on any atom is 0.307 e. The van der Waals surface area contributed by atoms with Crippen molar-refractivity contribution in [3.63, 3.8) is 0 Å². The highest BCUT2D eigenvalue weighted by Crippen LogP contribution is 2.38. The Bertz CT molecular complexity index is 838. The highest BCUT2D eigenvalue weighted by atomic mass is 16.5. The molecule has 6 nitrogen and oxygen atoms in total. The second-order valence-corrected chi connectivity index (χ2v) is 7.19. The van der Waals surface area contributed by atoms with Gasteiger partial charge < -0.3 is 19.3 Å². The van der Waals surface area contributed by atoms with E-state index >= 15 is 0 Å². The fourth-order valence-corrected chi connectivity index (χ4v) is 4.00. The zero-order valence-electron chi connectivity index (χ0n) is 17.3. The average molecular weight is 399 g/mol. The predicted molar refractivity (Wildman–Crippen MR) is 111 cm³/mol. The Morgan fingerprint density at radius 3 is 2.62 bits per heavy atom. The largest absolute Gasteiger partial charge is 0.497 e. The molecule has 1 aliphatic heterocycles. The van der Waals surface area contributed by atoms with E-state index in [1.165, 1.54) is 0 Å². The predicted octanol–water partition coefficient (Wildman–Crippen LogP) is 3.99. The zero-order valence-corrected chi connectivity index (χ0v) is 17.3. The molecule has 0 radical (unpaired) electrons. The van der Waals surface area contributed by atoms with Crippen LogP contribution in [0.4, 0.5) is 0 Å². The van der Waals surface area contributed by atoms with Gasteiger partial charge in [0.2, 0.25) is 0 Å². The van der Waals surface area contributed by atoms with Crippen LogP contribution in [0.25, 0.3) is 0 Å². The van der Waals surface area contributed by atoms with Gasteiger partial charge >= 0.3 is 5.97 Å². The van der Waals surface area contributed by atoms with Crippen molar-refractivity contribution in [2.45, 2.75) is 25.8 Å². The van der Waals surface area contributed by atoms with Crippen LogP contribution >= 0.6 is 0 Å². The first-order valence-electron chi connectivity index (χ1n) is 9.98. The van der Waals surface area contributed by atoms with Crippen molar-refractivity contribution in [2.75, 3.05) is 33.9 Å². The van der Waals surface area contributed by atoms with E-state index in [2.05, 4.69) is 11.0 Å². The van der Waals surface area contributed by atoms with Crippen molar-refractivity contribution < 1.29 is 24.1 Å². The van der Waals surface area contributed by atoms with Gasteiger partial charge in [0.15, 0.2) is 11.5 Å². The van der Waals surface area contributed by atoms with E-state index in [0.717, 1.165) is 29.8 Å². The van der Waals surface area contributed by atoms with Gasteiger partial charge in [0.05, 0.1) is 32.8 Å². The van der Waals surface area contributed by atoms with Crippen LogP contribution < -0.4 is 14.2 Å². The normalized spacial score (nSPS) is 18.1. The number of likely N-dealkylation sites (tertiary alicyclic amines) is 1. The minimum absolute atomic E-state index is 0.100. The van der Waals surface area contributed by atoms with E-state index in [1.807, 2.05) is 43.3 Å². The van der Waals surface area contributed by atoms with E-state index in [1.54, 1.807) is 14.2 Å². The Labute approximate surface area is 172 Å². The van der Waals surface area contributed by atoms with Gasteiger partial charge in [-0.05, 0) is 61.7 Å². The summed E-state index contributed by atoms with van der Waals surface area (Å²) in [5.41, 5.74) is 2.09. The third-order valence-electron chi connectivity index (χ3n) is 5.38. The number of piperidine rings is 1. The summed E-state index contributed by atoms with van der Waals surface area (Å²) in [7, 11) is 3.28. The number of benzene rings is 2. The molecule has 0 saturated carbocycles. The number of hydrogen-bond acceptors (Lipinski definition) is 5. The molecule has 29 heavy (non-hydrogen) atoms. The average Bonchev–Trinajstić information content (AvgIpc) is 2.75. The Morgan fingerprint density at radius 2 is 1.93 bits per heavy atom. The summed E-state index contributed by atoms with van der Waals surface area (Å²) in [6, 6.07) is 13.8. The molecule has 1 saturated heterocycles. The monoisotopic (exact) mass is 399 g/mol. The van der Waals surface area contributed by atoms with Crippen molar-refractivity contribution in [2.24, 2.45) is 5.92 Å². The summed E-state index contributed by atoms with van der Waals surface area (Å²) in [5.74, 6) is 1.05. The number of aliphatic carboxylic acids is 1. The Kier molecular flexibility index (Phi) is 6.99. The molecule has 2 aromatic carbocycles. The van der Waals surface area contributed by atoms with E-state index in [4.69, 9.17) is 14.2 Å². The van der Waals surface area contributed by atoms with Gasteiger partial charge in [-0.1, -0.05) is 18.2 Å². The highest BCUT2D eigenvalue weighted by Gasteiger charge is 2.32. The van der Waals surface area contributed by atoms with E-state index < -0.39 is 5.97 Å². The fraction of sp³-hybridized carbons (Fsp3) is 0.435. The molecule has 2 atom stereocenters.